The Morgan fingerprint density at radius 1 is 1.39 bits per heavy atom. The first-order valence-electron chi connectivity index (χ1n) is 5.39. The summed E-state index contributed by atoms with van der Waals surface area (Å²) in [4.78, 5) is 0. The van der Waals surface area contributed by atoms with Crippen LogP contribution in [-0.4, -0.2) is 20.0 Å². The summed E-state index contributed by atoms with van der Waals surface area (Å²) in [7, 11) is 1.82. The zero-order valence-corrected chi connectivity index (χ0v) is 9.92. The highest BCUT2D eigenvalue weighted by molar-refractivity contribution is 5.66. The van der Waals surface area contributed by atoms with Crippen LogP contribution in [0.25, 0.3) is 6.08 Å². The first kappa shape index (κ1) is 14.4. The van der Waals surface area contributed by atoms with Crippen molar-refractivity contribution in [1.82, 2.24) is 5.32 Å². The van der Waals surface area contributed by atoms with Crippen LogP contribution in [0.15, 0.2) is 24.3 Å². The lowest BCUT2D eigenvalue weighted by Gasteiger charge is -2.10. The van der Waals surface area contributed by atoms with Crippen molar-refractivity contribution in [2.45, 2.75) is 12.8 Å². The summed E-state index contributed by atoms with van der Waals surface area (Å²) in [6.07, 6.45) is -0.418. The molecule has 0 aromatic heterocycles. The van der Waals surface area contributed by atoms with E-state index in [1.54, 1.807) is 6.08 Å². The van der Waals surface area contributed by atoms with Crippen molar-refractivity contribution in [1.29, 1.82) is 0 Å². The zero-order valence-electron chi connectivity index (χ0n) is 9.92. The molecule has 3 nitrogen and oxygen atoms in total. The molecule has 0 radical (unpaired) electrons. The van der Waals surface area contributed by atoms with Gasteiger partial charge in [0.1, 0.15) is 5.75 Å². The van der Waals surface area contributed by atoms with Gasteiger partial charge in [0.2, 0.25) is 0 Å². The minimum absolute atomic E-state index is 0.273. The molecule has 0 aliphatic heterocycles. The summed E-state index contributed by atoms with van der Waals surface area (Å²) in [5.74, 6) is -0.273. The van der Waals surface area contributed by atoms with Crippen molar-refractivity contribution in [2.24, 2.45) is 0 Å². The number of alkyl halides is 3. The van der Waals surface area contributed by atoms with E-state index in [4.69, 9.17) is 5.73 Å². The van der Waals surface area contributed by atoms with Gasteiger partial charge in [-0.3, -0.25) is 0 Å². The topological polar surface area (TPSA) is 47.3 Å². The van der Waals surface area contributed by atoms with E-state index in [0.29, 0.717) is 11.3 Å². The molecular formula is C12H15F3N2O. The Morgan fingerprint density at radius 2 is 2.11 bits per heavy atom. The van der Waals surface area contributed by atoms with Crippen molar-refractivity contribution in [3.05, 3.63) is 29.8 Å². The number of rotatable bonds is 5. The number of nitrogen functional groups attached to an aromatic ring is 1. The molecule has 0 unspecified atom stereocenters. The third-order valence-electron chi connectivity index (χ3n) is 2.15. The molecule has 0 spiro atoms. The first-order chi connectivity index (χ1) is 8.42. The van der Waals surface area contributed by atoms with E-state index >= 15 is 0 Å². The van der Waals surface area contributed by atoms with Crippen LogP contribution in [0.3, 0.4) is 0 Å². The number of ether oxygens (including phenoxy) is 1. The molecule has 0 amide bonds. The Kier molecular flexibility index (Phi) is 5.03. The molecule has 0 saturated heterocycles. The molecule has 0 saturated carbocycles. The predicted octanol–water partition coefficient (Wildman–Crippen LogP) is 2.79. The fourth-order valence-electron chi connectivity index (χ4n) is 1.33. The zero-order chi connectivity index (χ0) is 13.6. The smallest absolute Gasteiger partial charge is 0.406 e. The van der Waals surface area contributed by atoms with Crippen molar-refractivity contribution in [3.63, 3.8) is 0 Å². The number of halogens is 3. The Bertz CT molecular complexity index is 416. The van der Waals surface area contributed by atoms with Crippen LogP contribution in [0.1, 0.15) is 12.0 Å². The second-order valence-electron chi connectivity index (χ2n) is 3.63. The van der Waals surface area contributed by atoms with E-state index in [-0.39, 0.29) is 5.75 Å². The number of anilines is 1. The Labute approximate surface area is 103 Å². The number of nitrogens with one attached hydrogen (secondary N) is 1. The Hall–Kier alpha value is -1.69. The van der Waals surface area contributed by atoms with Crippen molar-refractivity contribution in [3.8, 4) is 5.75 Å². The van der Waals surface area contributed by atoms with Gasteiger partial charge in [-0.25, -0.2) is 0 Å². The second-order valence-corrected chi connectivity index (χ2v) is 3.63. The van der Waals surface area contributed by atoms with Crippen LogP contribution in [0.4, 0.5) is 18.9 Å². The molecule has 0 fully saturated rings. The summed E-state index contributed by atoms with van der Waals surface area (Å²) in [5.41, 5.74) is 6.58. The van der Waals surface area contributed by atoms with E-state index in [2.05, 4.69) is 10.1 Å². The highest BCUT2D eigenvalue weighted by Gasteiger charge is 2.31. The van der Waals surface area contributed by atoms with Crippen LogP contribution in [0.2, 0.25) is 0 Å². The molecule has 1 aromatic rings. The lowest BCUT2D eigenvalue weighted by atomic mass is 10.1. The highest BCUT2D eigenvalue weighted by Crippen LogP contribution is 2.26. The Morgan fingerprint density at radius 3 is 2.72 bits per heavy atom. The van der Waals surface area contributed by atoms with Crippen molar-refractivity contribution < 1.29 is 17.9 Å². The van der Waals surface area contributed by atoms with Crippen LogP contribution >= 0.6 is 0 Å². The van der Waals surface area contributed by atoms with Gasteiger partial charge in [-0.2, -0.15) is 0 Å². The van der Waals surface area contributed by atoms with Gasteiger partial charge in [0, 0.05) is 11.3 Å². The number of hydrogen-bond acceptors (Lipinski definition) is 3. The van der Waals surface area contributed by atoms with E-state index in [1.165, 1.54) is 18.2 Å². The molecule has 0 atom stereocenters. The minimum Gasteiger partial charge on any atom is -0.406 e. The molecule has 18 heavy (non-hydrogen) atoms. The summed E-state index contributed by atoms with van der Waals surface area (Å²) >= 11 is 0. The summed E-state index contributed by atoms with van der Waals surface area (Å²) < 4.78 is 40.0. The maximum Gasteiger partial charge on any atom is 0.573 e. The van der Waals surface area contributed by atoms with Gasteiger partial charge in [0.25, 0.3) is 0 Å². The van der Waals surface area contributed by atoms with Crippen LogP contribution in [0, 0.1) is 0 Å². The molecule has 1 aromatic carbocycles. The number of benzene rings is 1. The Balaban J connectivity index is 2.78. The minimum atomic E-state index is -4.69. The van der Waals surface area contributed by atoms with Crippen LogP contribution in [-0.2, 0) is 0 Å². The summed E-state index contributed by atoms with van der Waals surface area (Å²) in [6.45, 7) is 0.787. The predicted molar refractivity (Wildman–Crippen MR) is 65.1 cm³/mol. The van der Waals surface area contributed by atoms with Crippen molar-refractivity contribution in [2.75, 3.05) is 19.3 Å². The maximum absolute atomic E-state index is 12.0. The molecule has 100 valence electrons. The maximum atomic E-state index is 12.0. The van der Waals surface area contributed by atoms with E-state index in [1.807, 2.05) is 13.1 Å². The van der Waals surface area contributed by atoms with E-state index in [9.17, 15) is 13.2 Å². The molecular weight excluding hydrogens is 245 g/mol. The fraction of sp³-hybridized carbons (Fsp3) is 0.333. The lowest BCUT2D eigenvalue weighted by molar-refractivity contribution is -0.274. The SMILES string of the molecule is CNCCC=Cc1cc(OC(F)(F)F)ccc1N. The van der Waals surface area contributed by atoms with Gasteiger partial charge < -0.3 is 15.8 Å². The normalized spacial score (nSPS) is 12.0. The fourth-order valence-corrected chi connectivity index (χ4v) is 1.33. The summed E-state index contributed by atoms with van der Waals surface area (Å²) in [6, 6.07) is 3.84. The molecule has 0 aliphatic rings. The molecule has 6 heteroatoms. The molecule has 0 aliphatic carbocycles. The van der Waals surface area contributed by atoms with Crippen LogP contribution < -0.4 is 15.8 Å². The van der Waals surface area contributed by atoms with E-state index in [0.717, 1.165) is 13.0 Å². The molecule has 0 bridgehead atoms. The third-order valence-corrected chi connectivity index (χ3v) is 2.15. The van der Waals surface area contributed by atoms with Crippen molar-refractivity contribution >= 4 is 11.8 Å². The van der Waals surface area contributed by atoms with Crippen LogP contribution in [0.5, 0.6) is 5.75 Å². The molecule has 3 N–H and O–H groups in total. The van der Waals surface area contributed by atoms with Gasteiger partial charge in [-0.05, 0) is 38.2 Å². The molecule has 1 rings (SSSR count). The van der Waals surface area contributed by atoms with Gasteiger partial charge >= 0.3 is 6.36 Å². The monoisotopic (exact) mass is 260 g/mol. The number of hydrogen-bond donors (Lipinski definition) is 2. The standard InChI is InChI=1S/C12H15F3N2O/c1-17-7-3-2-4-9-8-10(5-6-11(9)16)18-12(13,14)15/h2,4-6,8,17H,3,7,16H2,1H3. The summed E-state index contributed by atoms with van der Waals surface area (Å²) in [5, 5.41) is 2.96. The first-order valence-corrected chi connectivity index (χ1v) is 5.39. The van der Waals surface area contributed by atoms with Gasteiger partial charge in [-0.1, -0.05) is 12.2 Å². The number of nitrogens with two attached hydrogens (primary N) is 1. The second kappa shape index (κ2) is 6.30. The average molecular weight is 260 g/mol. The van der Waals surface area contributed by atoms with Gasteiger partial charge in [0.05, 0.1) is 0 Å². The quantitative estimate of drug-likeness (QED) is 0.632. The van der Waals surface area contributed by atoms with E-state index < -0.39 is 6.36 Å². The highest BCUT2D eigenvalue weighted by atomic mass is 19.4. The third kappa shape index (κ3) is 5.09. The lowest BCUT2D eigenvalue weighted by Crippen LogP contribution is -2.17. The largest absolute Gasteiger partial charge is 0.573 e. The molecule has 0 heterocycles. The van der Waals surface area contributed by atoms with Gasteiger partial charge in [-0.15, -0.1) is 13.2 Å². The average Bonchev–Trinajstić information content (AvgIpc) is 2.26. The van der Waals surface area contributed by atoms with Gasteiger partial charge in [0.15, 0.2) is 0 Å².